The van der Waals surface area contributed by atoms with E-state index >= 15 is 0 Å². The molecule has 1 heterocycles. The van der Waals surface area contributed by atoms with Crippen LogP contribution in [0.5, 0.6) is 5.75 Å². The molecule has 29 heavy (non-hydrogen) atoms. The number of fused-ring (bicyclic) bond motifs is 1. The van der Waals surface area contributed by atoms with Crippen LogP contribution in [0.15, 0.2) is 78.0 Å². The lowest BCUT2D eigenvalue weighted by molar-refractivity contribution is -0.113. The molecule has 3 aromatic carbocycles. The maximum Gasteiger partial charge on any atom is 0.234 e. The highest BCUT2D eigenvalue weighted by Gasteiger charge is 2.11. The van der Waals surface area contributed by atoms with Crippen LogP contribution in [-0.4, -0.2) is 28.2 Å². The largest absolute Gasteiger partial charge is 0.494 e. The van der Waals surface area contributed by atoms with Gasteiger partial charge in [0, 0.05) is 17.3 Å². The van der Waals surface area contributed by atoms with E-state index in [4.69, 9.17) is 4.74 Å². The number of nitrogens with one attached hydrogen (secondary N) is 2. The fourth-order valence-electron chi connectivity index (χ4n) is 3.07. The van der Waals surface area contributed by atoms with E-state index in [2.05, 4.69) is 15.3 Å². The first-order valence-corrected chi connectivity index (χ1v) is 10.4. The topological polar surface area (TPSA) is 67.0 Å². The minimum atomic E-state index is -0.0751. The van der Waals surface area contributed by atoms with Gasteiger partial charge in [0.2, 0.25) is 5.91 Å². The molecule has 0 saturated heterocycles. The number of nitrogens with zero attached hydrogens (tertiary/aromatic N) is 1. The zero-order chi connectivity index (χ0) is 20.1. The van der Waals surface area contributed by atoms with E-state index in [0.29, 0.717) is 11.8 Å². The van der Waals surface area contributed by atoms with E-state index in [9.17, 15) is 4.79 Å². The van der Waals surface area contributed by atoms with Crippen LogP contribution in [0.1, 0.15) is 6.92 Å². The number of amides is 1. The Labute approximate surface area is 173 Å². The number of para-hydroxylation sites is 1. The zero-order valence-corrected chi connectivity index (χ0v) is 16.8. The summed E-state index contributed by atoms with van der Waals surface area (Å²) < 4.78 is 5.52. The van der Waals surface area contributed by atoms with Gasteiger partial charge < -0.3 is 15.0 Å². The van der Waals surface area contributed by atoms with Crippen molar-refractivity contribution < 1.29 is 9.53 Å². The van der Waals surface area contributed by atoms with E-state index in [1.807, 2.05) is 79.7 Å². The number of rotatable bonds is 7. The molecule has 0 aliphatic heterocycles. The maximum atomic E-state index is 12.5. The summed E-state index contributed by atoms with van der Waals surface area (Å²) in [5.41, 5.74) is 4.62. The molecule has 0 atom stereocenters. The van der Waals surface area contributed by atoms with Crippen molar-refractivity contribution in [3.05, 3.63) is 72.8 Å². The van der Waals surface area contributed by atoms with Crippen molar-refractivity contribution in [1.82, 2.24) is 9.97 Å². The second-order valence-electron chi connectivity index (χ2n) is 6.40. The minimum absolute atomic E-state index is 0.0751. The molecule has 0 spiro atoms. The number of carbonyl (C=O) groups excluding carboxylic acids is 1. The molecule has 5 nitrogen and oxygen atoms in total. The molecule has 2 N–H and O–H groups in total. The van der Waals surface area contributed by atoms with Crippen LogP contribution in [0.4, 0.5) is 5.69 Å². The highest BCUT2D eigenvalue weighted by Crippen LogP contribution is 2.28. The van der Waals surface area contributed by atoms with Gasteiger partial charge in [-0.1, -0.05) is 60.3 Å². The number of carbonyl (C=O) groups is 1. The first kappa shape index (κ1) is 19.1. The highest BCUT2D eigenvalue weighted by molar-refractivity contribution is 7.99. The number of thioether (sulfide) groups is 1. The Kier molecular flexibility index (Phi) is 5.81. The number of aromatic nitrogens is 2. The van der Waals surface area contributed by atoms with Gasteiger partial charge in [0.25, 0.3) is 0 Å². The Balaban J connectivity index is 1.43. The Bertz CT molecular complexity index is 1130. The van der Waals surface area contributed by atoms with Crippen molar-refractivity contribution in [2.75, 3.05) is 17.7 Å². The second-order valence-corrected chi connectivity index (χ2v) is 7.37. The second kappa shape index (κ2) is 8.84. The number of aromatic amines is 1. The summed E-state index contributed by atoms with van der Waals surface area (Å²) in [7, 11) is 0. The van der Waals surface area contributed by atoms with Crippen LogP contribution in [-0.2, 0) is 4.79 Å². The Morgan fingerprint density at radius 3 is 2.69 bits per heavy atom. The lowest BCUT2D eigenvalue weighted by Crippen LogP contribution is -2.14. The van der Waals surface area contributed by atoms with Gasteiger partial charge in [0.15, 0.2) is 5.16 Å². The number of H-pyrrole nitrogens is 1. The quantitative estimate of drug-likeness (QED) is 0.408. The van der Waals surface area contributed by atoms with Gasteiger partial charge in [-0.2, -0.15) is 0 Å². The van der Waals surface area contributed by atoms with E-state index in [-0.39, 0.29) is 11.7 Å². The molecule has 0 radical (unpaired) electrons. The van der Waals surface area contributed by atoms with Crippen LogP contribution in [0, 0.1) is 0 Å². The summed E-state index contributed by atoms with van der Waals surface area (Å²) in [6, 6.07) is 23.6. The summed E-state index contributed by atoms with van der Waals surface area (Å²) >= 11 is 1.37. The Morgan fingerprint density at radius 1 is 1.07 bits per heavy atom. The molecule has 0 aliphatic rings. The standard InChI is InChI=1S/C23H21N3O2S/c1-2-28-17-12-13-20-21(14-17)26-23(25-20)29-15-22(27)24-19-11-7-6-10-18(19)16-8-4-3-5-9-16/h3-14H,2,15H2,1H3,(H,24,27)(H,25,26). The monoisotopic (exact) mass is 403 g/mol. The normalized spacial score (nSPS) is 10.8. The lowest BCUT2D eigenvalue weighted by Gasteiger charge is -2.11. The van der Waals surface area contributed by atoms with Crippen molar-refractivity contribution in [3.8, 4) is 16.9 Å². The van der Waals surface area contributed by atoms with E-state index in [1.54, 1.807) is 0 Å². The fourth-order valence-corrected chi connectivity index (χ4v) is 3.76. The van der Waals surface area contributed by atoms with Crippen molar-refractivity contribution in [3.63, 3.8) is 0 Å². The van der Waals surface area contributed by atoms with E-state index < -0.39 is 0 Å². The molecule has 146 valence electrons. The smallest absolute Gasteiger partial charge is 0.234 e. The number of hydrogen-bond acceptors (Lipinski definition) is 4. The van der Waals surface area contributed by atoms with Crippen LogP contribution in [0.25, 0.3) is 22.2 Å². The Morgan fingerprint density at radius 2 is 1.86 bits per heavy atom. The number of ether oxygens (including phenoxy) is 1. The number of hydrogen-bond donors (Lipinski definition) is 2. The summed E-state index contributed by atoms with van der Waals surface area (Å²) in [6.45, 7) is 2.57. The molecular weight excluding hydrogens is 382 g/mol. The van der Waals surface area contributed by atoms with E-state index in [1.165, 1.54) is 11.8 Å². The fraction of sp³-hybridized carbons (Fsp3) is 0.130. The molecule has 0 saturated carbocycles. The van der Waals surface area contributed by atoms with Gasteiger partial charge in [-0.05, 0) is 30.7 Å². The van der Waals surface area contributed by atoms with Crippen LogP contribution >= 0.6 is 11.8 Å². The average molecular weight is 404 g/mol. The molecule has 4 rings (SSSR count). The van der Waals surface area contributed by atoms with Gasteiger partial charge in [0.05, 0.1) is 23.4 Å². The summed E-state index contributed by atoms with van der Waals surface area (Å²) in [5, 5.41) is 3.73. The third-order valence-electron chi connectivity index (χ3n) is 4.37. The third-order valence-corrected chi connectivity index (χ3v) is 5.24. The molecule has 4 aromatic rings. The minimum Gasteiger partial charge on any atom is -0.494 e. The van der Waals surface area contributed by atoms with Gasteiger partial charge in [-0.3, -0.25) is 4.79 Å². The molecule has 0 unspecified atom stereocenters. The SMILES string of the molecule is CCOc1ccc2nc(SCC(=O)Nc3ccccc3-c3ccccc3)[nH]c2c1. The predicted molar refractivity (Wildman–Crippen MR) is 118 cm³/mol. The third kappa shape index (κ3) is 4.60. The summed E-state index contributed by atoms with van der Waals surface area (Å²) in [4.78, 5) is 20.3. The molecule has 6 heteroatoms. The molecule has 1 amide bonds. The van der Waals surface area contributed by atoms with E-state index in [0.717, 1.165) is 33.6 Å². The zero-order valence-electron chi connectivity index (χ0n) is 16.0. The van der Waals surface area contributed by atoms with Crippen molar-refractivity contribution >= 4 is 34.4 Å². The van der Waals surface area contributed by atoms with Crippen LogP contribution in [0.2, 0.25) is 0 Å². The van der Waals surface area contributed by atoms with Crippen molar-refractivity contribution in [1.29, 1.82) is 0 Å². The van der Waals surface area contributed by atoms with Gasteiger partial charge in [-0.25, -0.2) is 4.98 Å². The average Bonchev–Trinajstić information content (AvgIpc) is 3.16. The van der Waals surface area contributed by atoms with Gasteiger partial charge in [0.1, 0.15) is 5.75 Å². The van der Waals surface area contributed by atoms with Crippen LogP contribution < -0.4 is 10.1 Å². The summed E-state index contributed by atoms with van der Waals surface area (Å²) in [6.07, 6.45) is 0. The summed E-state index contributed by atoms with van der Waals surface area (Å²) in [5.74, 6) is 0.991. The lowest BCUT2D eigenvalue weighted by atomic mass is 10.0. The van der Waals surface area contributed by atoms with Crippen LogP contribution in [0.3, 0.4) is 0 Å². The molecule has 1 aromatic heterocycles. The number of anilines is 1. The maximum absolute atomic E-state index is 12.5. The molecule has 0 fully saturated rings. The predicted octanol–water partition coefficient (Wildman–Crippen LogP) is 5.36. The first-order chi connectivity index (χ1) is 14.2. The molecular formula is C23H21N3O2S. The van der Waals surface area contributed by atoms with Gasteiger partial charge in [-0.15, -0.1) is 0 Å². The number of imidazole rings is 1. The van der Waals surface area contributed by atoms with Gasteiger partial charge >= 0.3 is 0 Å². The molecule has 0 aliphatic carbocycles. The highest BCUT2D eigenvalue weighted by atomic mass is 32.2. The molecule has 0 bridgehead atoms. The number of benzene rings is 3. The van der Waals surface area contributed by atoms with Crippen molar-refractivity contribution in [2.45, 2.75) is 12.1 Å². The van der Waals surface area contributed by atoms with Crippen molar-refractivity contribution in [2.24, 2.45) is 0 Å². The first-order valence-electron chi connectivity index (χ1n) is 9.42. The Hall–Kier alpha value is -3.25.